The highest BCUT2D eigenvalue weighted by atomic mass is 16.4. The maximum atomic E-state index is 10.9. The van der Waals surface area contributed by atoms with Crippen molar-refractivity contribution in [3.05, 3.63) is 23.8 Å². The normalized spacial score (nSPS) is 15.2. The van der Waals surface area contributed by atoms with Crippen LogP contribution in [0.5, 0.6) is 0 Å². The average molecular weight is 245 g/mol. The summed E-state index contributed by atoms with van der Waals surface area (Å²) in [6.07, 6.45) is 0. The summed E-state index contributed by atoms with van der Waals surface area (Å²) in [4.78, 5) is 12.9. The highest BCUT2D eigenvalue weighted by Crippen LogP contribution is 2.30. The minimum absolute atomic E-state index is 0.429. The van der Waals surface area contributed by atoms with Crippen LogP contribution in [0.1, 0.15) is 12.5 Å². The number of aliphatic carboxylic acids is 1. The Bertz CT molecular complexity index is 507. The predicted octanol–water partition coefficient (Wildman–Crippen LogP) is 1.51. The summed E-state index contributed by atoms with van der Waals surface area (Å²) in [7, 11) is 0. The molecule has 2 rings (SSSR count). The summed E-state index contributed by atoms with van der Waals surface area (Å²) in [5, 5.41) is 21.1. The lowest BCUT2D eigenvalue weighted by molar-refractivity contribution is -0.140. The summed E-state index contributed by atoms with van der Waals surface area (Å²) < 4.78 is 0. The Morgan fingerprint density at radius 3 is 3.11 bits per heavy atom. The van der Waals surface area contributed by atoms with Gasteiger partial charge in [-0.25, -0.2) is 0 Å². The van der Waals surface area contributed by atoms with E-state index >= 15 is 0 Å². The molecule has 0 saturated carbocycles. The van der Waals surface area contributed by atoms with Crippen molar-refractivity contribution >= 4 is 17.3 Å². The van der Waals surface area contributed by atoms with Gasteiger partial charge in [-0.3, -0.25) is 4.79 Å². The number of fused-ring (bicyclic) bond motifs is 1. The number of carbonyl (C=O) groups is 1. The summed E-state index contributed by atoms with van der Waals surface area (Å²) >= 11 is 0. The number of rotatable bonds is 3. The first-order valence-corrected chi connectivity index (χ1v) is 5.87. The van der Waals surface area contributed by atoms with Crippen molar-refractivity contribution in [2.45, 2.75) is 6.92 Å². The molecule has 1 aromatic carbocycles. The topological polar surface area (TPSA) is 76.4 Å². The van der Waals surface area contributed by atoms with Crippen molar-refractivity contribution in [2.75, 3.05) is 29.9 Å². The lowest BCUT2D eigenvalue weighted by atomic mass is 10.1. The van der Waals surface area contributed by atoms with Crippen LogP contribution in [-0.2, 0) is 4.79 Å². The van der Waals surface area contributed by atoms with Crippen LogP contribution < -0.4 is 10.2 Å². The fraction of sp³-hybridized carbons (Fsp3) is 0.385. The van der Waals surface area contributed by atoms with Gasteiger partial charge in [-0.1, -0.05) is 6.92 Å². The van der Waals surface area contributed by atoms with Crippen LogP contribution in [0.2, 0.25) is 0 Å². The van der Waals surface area contributed by atoms with Crippen LogP contribution >= 0.6 is 0 Å². The monoisotopic (exact) mass is 245 g/mol. The number of carboxylic acids is 1. The first kappa shape index (κ1) is 12.2. The molecule has 0 spiro atoms. The van der Waals surface area contributed by atoms with Gasteiger partial charge in [-0.2, -0.15) is 5.26 Å². The first-order valence-electron chi connectivity index (χ1n) is 5.87. The van der Waals surface area contributed by atoms with E-state index in [1.807, 2.05) is 11.0 Å². The zero-order valence-corrected chi connectivity index (χ0v) is 10.2. The third kappa shape index (κ3) is 2.38. The van der Waals surface area contributed by atoms with Crippen molar-refractivity contribution < 1.29 is 9.90 Å². The van der Waals surface area contributed by atoms with Crippen LogP contribution in [-0.4, -0.2) is 30.7 Å². The Morgan fingerprint density at radius 1 is 1.67 bits per heavy atom. The second kappa shape index (κ2) is 4.96. The standard InChI is InChI=1S/C13H15N3O2/c1-9(13(17)18)8-16-5-4-15-11-3-2-10(7-14)6-12(11)16/h2-3,6,9,15H,4-5,8H2,1H3,(H,17,18). The molecule has 1 aliphatic rings. The van der Waals surface area contributed by atoms with Crippen LogP contribution in [0, 0.1) is 17.2 Å². The number of nitrogens with one attached hydrogen (secondary N) is 1. The molecule has 1 aromatic rings. The fourth-order valence-electron chi connectivity index (χ4n) is 2.06. The van der Waals surface area contributed by atoms with Gasteiger partial charge in [-0.15, -0.1) is 0 Å². The van der Waals surface area contributed by atoms with Gasteiger partial charge < -0.3 is 15.3 Å². The SMILES string of the molecule is CC(CN1CCNc2ccc(C#N)cc21)C(=O)O. The molecule has 5 heteroatoms. The van der Waals surface area contributed by atoms with Crippen molar-refractivity contribution in [2.24, 2.45) is 5.92 Å². The molecule has 0 bridgehead atoms. The molecule has 1 heterocycles. The molecule has 1 atom stereocenters. The summed E-state index contributed by atoms with van der Waals surface area (Å²) in [6.45, 7) is 3.68. The molecule has 0 fully saturated rings. The van der Waals surface area contributed by atoms with E-state index < -0.39 is 11.9 Å². The quantitative estimate of drug-likeness (QED) is 0.844. The van der Waals surface area contributed by atoms with Crippen LogP contribution in [0.25, 0.3) is 0 Å². The van der Waals surface area contributed by atoms with E-state index in [0.29, 0.717) is 12.1 Å². The molecule has 0 saturated heterocycles. The van der Waals surface area contributed by atoms with Crippen LogP contribution in [0.4, 0.5) is 11.4 Å². The van der Waals surface area contributed by atoms with E-state index in [-0.39, 0.29) is 0 Å². The Hall–Kier alpha value is -2.22. The van der Waals surface area contributed by atoms with Crippen molar-refractivity contribution in [1.82, 2.24) is 0 Å². The van der Waals surface area contributed by atoms with E-state index in [4.69, 9.17) is 10.4 Å². The number of carboxylic acid groups (broad SMARTS) is 1. The van der Waals surface area contributed by atoms with Gasteiger partial charge in [0.05, 0.1) is 28.9 Å². The number of nitriles is 1. The van der Waals surface area contributed by atoms with E-state index in [2.05, 4.69) is 11.4 Å². The Labute approximate surface area is 106 Å². The number of hydrogen-bond acceptors (Lipinski definition) is 4. The maximum Gasteiger partial charge on any atom is 0.308 e. The zero-order chi connectivity index (χ0) is 13.1. The Morgan fingerprint density at radius 2 is 2.44 bits per heavy atom. The molecule has 0 aromatic heterocycles. The second-order valence-corrected chi connectivity index (χ2v) is 4.46. The third-order valence-electron chi connectivity index (χ3n) is 3.08. The van der Waals surface area contributed by atoms with Gasteiger partial charge in [-0.05, 0) is 18.2 Å². The van der Waals surface area contributed by atoms with E-state index in [9.17, 15) is 4.79 Å². The average Bonchev–Trinajstić information content (AvgIpc) is 2.38. The smallest absolute Gasteiger partial charge is 0.308 e. The largest absolute Gasteiger partial charge is 0.481 e. The molecule has 1 aliphatic heterocycles. The molecule has 5 nitrogen and oxygen atoms in total. The number of benzene rings is 1. The van der Waals surface area contributed by atoms with E-state index in [1.165, 1.54) is 0 Å². The Kier molecular flexibility index (Phi) is 3.38. The van der Waals surface area contributed by atoms with Gasteiger partial charge in [0.15, 0.2) is 0 Å². The van der Waals surface area contributed by atoms with Crippen LogP contribution in [0.15, 0.2) is 18.2 Å². The van der Waals surface area contributed by atoms with Crippen molar-refractivity contribution in [3.8, 4) is 6.07 Å². The van der Waals surface area contributed by atoms with E-state index in [1.54, 1.807) is 19.1 Å². The maximum absolute atomic E-state index is 10.9. The number of anilines is 2. The number of nitrogens with zero attached hydrogens (tertiary/aromatic N) is 2. The molecular formula is C13H15N3O2. The minimum Gasteiger partial charge on any atom is -0.481 e. The first-order chi connectivity index (χ1) is 8.61. The minimum atomic E-state index is -0.800. The Balaban J connectivity index is 2.26. The lowest BCUT2D eigenvalue weighted by Crippen LogP contribution is -2.38. The molecule has 1 unspecified atom stereocenters. The third-order valence-corrected chi connectivity index (χ3v) is 3.08. The summed E-state index contributed by atoms with van der Waals surface area (Å²) in [6, 6.07) is 7.53. The lowest BCUT2D eigenvalue weighted by Gasteiger charge is -2.33. The molecule has 0 amide bonds. The fourth-order valence-corrected chi connectivity index (χ4v) is 2.06. The van der Waals surface area contributed by atoms with Gasteiger partial charge in [0.2, 0.25) is 0 Å². The molecule has 18 heavy (non-hydrogen) atoms. The molecule has 94 valence electrons. The van der Waals surface area contributed by atoms with E-state index in [0.717, 1.165) is 24.5 Å². The van der Waals surface area contributed by atoms with Gasteiger partial charge >= 0.3 is 5.97 Å². The zero-order valence-electron chi connectivity index (χ0n) is 10.2. The highest BCUT2D eigenvalue weighted by molar-refractivity contribution is 5.75. The number of hydrogen-bond donors (Lipinski definition) is 2. The molecule has 2 N–H and O–H groups in total. The predicted molar refractivity (Wildman–Crippen MR) is 68.7 cm³/mol. The summed E-state index contributed by atoms with van der Waals surface area (Å²) in [5.41, 5.74) is 2.46. The highest BCUT2D eigenvalue weighted by Gasteiger charge is 2.21. The van der Waals surface area contributed by atoms with Gasteiger partial charge in [0.25, 0.3) is 0 Å². The van der Waals surface area contributed by atoms with Gasteiger partial charge in [0.1, 0.15) is 0 Å². The van der Waals surface area contributed by atoms with Crippen molar-refractivity contribution in [1.29, 1.82) is 5.26 Å². The van der Waals surface area contributed by atoms with Crippen molar-refractivity contribution in [3.63, 3.8) is 0 Å². The van der Waals surface area contributed by atoms with Crippen LogP contribution in [0.3, 0.4) is 0 Å². The molecule has 0 aliphatic carbocycles. The molecule has 0 radical (unpaired) electrons. The summed E-state index contributed by atoms with van der Waals surface area (Å²) in [5.74, 6) is -1.23. The molecular weight excluding hydrogens is 230 g/mol. The second-order valence-electron chi connectivity index (χ2n) is 4.46. The van der Waals surface area contributed by atoms with Gasteiger partial charge in [0, 0.05) is 19.6 Å².